The Kier molecular flexibility index (Phi) is 5.22. The van der Waals surface area contributed by atoms with E-state index in [1.807, 2.05) is 0 Å². The maximum atomic E-state index is 12.8. The number of hydrogen-bond acceptors (Lipinski definition) is 4. The molecule has 0 heterocycles. The molecular formula is C11H17FO4PS+. The highest BCUT2D eigenvalue weighted by Crippen LogP contribution is 2.65. The summed E-state index contributed by atoms with van der Waals surface area (Å²) in [6, 6.07) is 4.66. The van der Waals surface area contributed by atoms with Gasteiger partial charge in [-0.2, -0.15) is 17.5 Å². The minimum absolute atomic E-state index is 0.0154. The zero-order valence-corrected chi connectivity index (χ0v) is 12.3. The van der Waals surface area contributed by atoms with Crippen molar-refractivity contribution in [1.29, 1.82) is 0 Å². The number of hydrogen-bond donors (Lipinski definition) is 0. The van der Waals surface area contributed by atoms with E-state index in [9.17, 15) is 12.8 Å². The standard InChI is InChI=1S/C11H17FO4PS/c1-4-15-17(3,16-5-2)18(13,14)11-8-6-10(12)7-9-11/h6-9H,4-5H2,1-3H3/q+1. The first-order valence-electron chi connectivity index (χ1n) is 5.53. The van der Waals surface area contributed by atoms with Crippen LogP contribution in [0.15, 0.2) is 29.2 Å². The van der Waals surface area contributed by atoms with Crippen LogP contribution >= 0.6 is 6.92 Å². The summed E-state index contributed by atoms with van der Waals surface area (Å²) in [5.41, 5.74) is 0. The van der Waals surface area contributed by atoms with Crippen LogP contribution in [0.4, 0.5) is 4.39 Å². The molecule has 0 radical (unpaired) electrons. The van der Waals surface area contributed by atoms with E-state index in [2.05, 4.69) is 0 Å². The summed E-state index contributed by atoms with van der Waals surface area (Å²) in [6.07, 6.45) is 0. The molecule has 1 aromatic carbocycles. The Hall–Kier alpha value is -0.550. The molecule has 4 nitrogen and oxygen atoms in total. The van der Waals surface area contributed by atoms with E-state index < -0.39 is 22.2 Å². The molecule has 18 heavy (non-hydrogen) atoms. The molecule has 0 aliphatic rings. The lowest BCUT2D eigenvalue weighted by molar-refractivity contribution is 0.265. The van der Waals surface area contributed by atoms with Crippen molar-refractivity contribution < 1.29 is 21.9 Å². The van der Waals surface area contributed by atoms with Crippen LogP contribution in [0, 0.1) is 5.82 Å². The number of rotatable bonds is 6. The Morgan fingerprint density at radius 1 is 1.11 bits per heavy atom. The molecular weight excluding hydrogens is 278 g/mol. The molecule has 0 spiro atoms. The summed E-state index contributed by atoms with van der Waals surface area (Å²) in [5.74, 6) is -0.484. The largest absolute Gasteiger partial charge is 0.391 e. The Labute approximate surface area is 107 Å². The SMILES string of the molecule is CCO[P+](C)(OCC)S(=O)(=O)c1ccc(F)cc1. The van der Waals surface area contributed by atoms with Crippen molar-refractivity contribution in [2.45, 2.75) is 18.7 Å². The van der Waals surface area contributed by atoms with Crippen molar-refractivity contribution in [2.75, 3.05) is 19.9 Å². The molecule has 0 unspecified atom stereocenters. The summed E-state index contributed by atoms with van der Waals surface area (Å²) in [7, 11) is -3.74. The van der Waals surface area contributed by atoms with Gasteiger partial charge in [0.15, 0.2) is 0 Å². The van der Waals surface area contributed by atoms with Gasteiger partial charge in [-0.3, -0.25) is 0 Å². The summed E-state index contributed by atoms with van der Waals surface area (Å²) in [5, 5.41) is 0. The minimum atomic E-state index is -3.74. The van der Waals surface area contributed by atoms with Crippen LogP contribution in [0.1, 0.15) is 13.8 Å². The van der Waals surface area contributed by atoms with Crippen LogP contribution in [-0.2, 0) is 18.5 Å². The fraction of sp³-hybridized carbons (Fsp3) is 0.455. The van der Waals surface area contributed by atoms with Gasteiger partial charge in [-0.05, 0) is 38.1 Å². The third kappa shape index (κ3) is 3.06. The van der Waals surface area contributed by atoms with Gasteiger partial charge in [0.2, 0.25) is 0 Å². The molecule has 7 heteroatoms. The second kappa shape index (κ2) is 6.06. The predicted molar refractivity (Wildman–Crippen MR) is 69.7 cm³/mol. The van der Waals surface area contributed by atoms with E-state index in [-0.39, 0.29) is 18.1 Å². The van der Waals surface area contributed by atoms with Gasteiger partial charge in [-0.25, -0.2) is 4.39 Å². The molecule has 0 fully saturated rings. The smallest absolute Gasteiger partial charge is 0.207 e. The molecule has 0 amide bonds. The van der Waals surface area contributed by atoms with Gasteiger partial charge < -0.3 is 0 Å². The maximum Gasteiger partial charge on any atom is 0.391 e. The second-order valence-corrected chi connectivity index (χ2v) is 10.4. The van der Waals surface area contributed by atoms with E-state index in [0.717, 1.165) is 12.1 Å². The summed E-state index contributed by atoms with van der Waals surface area (Å²) in [6.45, 7) is 2.29. The van der Waals surface area contributed by atoms with Crippen LogP contribution in [0.5, 0.6) is 0 Å². The molecule has 0 bridgehead atoms. The average molecular weight is 295 g/mol. The predicted octanol–water partition coefficient (Wildman–Crippen LogP) is 3.06. The highest BCUT2D eigenvalue weighted by atomic mass is 32.8. The summed E-state index contributed by atoms with van der Waals surface area (Å²) in [4.78, 5) is 0.0154. The molecule has 102 valence electrons. The lowest BCUT2D eigenvalue weighted by Crippen LogP contribution is -2.13. The van der Waals surface area contributed by atoms with Crippen molar-refractivity contribution >= 4 is 16.4 Å². The van der Waals surface area contributed by atoms with Crippen molar-refractivity contribution in [3.8, 4) is 0 Å². The van der Waals surface area contributed by atoms with Gasteiger partial charge in [-0.15, -0.1) is 0 Å². The van der Waals surface area contributed by atoms with E-state index in [4.69, 9.17) is 9.05 Å². The van der Waals surface area contributed by atoms with Gasteiger partial charge >= 0.3 is 16.4 Å². The van der Waals surface area contributed by atoms with E-state index >= 15 is 0 Å². The van der Waals surface area contributed by atoms with Crippen molar-refractivity contribution in [3.05, 3.63) is 30.1 Å². The van der Waals surface area contributed by atoms with Crippen LogP contribution in [0.2, 0.25) is 0 Å². The fourth-order valence-electron chi connectivity index (χ4n) is 1.44. The topological polar surface area (TPSA) is 52.6 Å². The third-order valence-electron chi connectivity index (χ3n) is 2.28. The Morgan fingerprint density at radius 3 is 1.94 bits per heavy atom. The van der Waals surface area contributed by atoms with Crippen LogP contribution in [-0.4, -0.2) is 28.3 Å². The zero-order valence-electron chi connectivity index (χ0n) is 10.6. The maximum absolute atomic E-state index is 12.8. The normalized spacial score (nSPS) is 12.7. The lowest BCUT2D eigenvalue weighted by atomic mass is 10.4. The molecule has 0 atom stereocenters. The molecule has 0 aromatic heterocycles. The highest BCUT2D eigenvalue weighted by Gasteiger charge is 2.52. The van der Waals surface area contributed by atoms with Gasteiger partial charge in [0, 0.05) is 0 Å². The van der Waals surface area contributed by atoms with Gasteiger partial charge in [0.05, 0.1) is 13.2 Å². The summed E-state index contributed by atoms with van der Waals surface area (Å²) < 4.78 is 48.3. The molecule has 1 rings (SSSR count). The fourth-order valence-corrected chi connectivity index (χ4v) is 6.58. The van der Waals surface area contributed by atoms with Crippen LogP contribution < -0.4 is 0 Å². The Balaban J connectivity index is 3.21. The quantitative estimate of drug-likeness (QED) is 0.757. The minimum Gasteiger partial charge on any atom is -0.207 e. The lowest BCUT2D eigenvalue weighted by Gasteiger charge is -2.18. The first-order chi connectivity index (χ1) is 8.37. The van der Waals surface area contributed by atoms with Crippen LogP contribution in [0.3, 0.4) is 0 Å². The molecule has 0 saturated heterocycles. The van der Waals surface area contributed by atoms with E-state index in [1.54, 1.807) is 13.8 Å². The monoisotopic (exact) mass is 295 g/mol. The molecule has 0 aliphatic heterocycles. The highest BCUT2D eigenvalue weighted by molar-refractivity contribution is 8.53. The second-order valence-electron chi connectivity index (χ2n) is 3.54. The first kappa shape index (κ1) is 15.5. The molecule has 1 aromatic rings. The molecule has 0 saturated carbocycles. The van der Waals surface area contributed by atoms with E-state index in [1.165, 1.54) is 18.8 Å². The number of halogens is 1. The van der Waals surface area contributed by atoms with Crippen molar-refractivity contribution in [1.82, 2.24) is 0 Å². The third-order valence-corrected chi connectivity index (χ3v) is 9.36. The van der Waals surface area contributed by atoms with E-state index in [0.29, 0.717) is 0 Å². The van der Waals surface area contributed by atoms with Gasteiger partial charge in [-0.1, -0.05) is 0 Å². The molecule has 0 aliphatic carbocycles. The van der Waals surface area contributed by atoms with Crippen LogP contribution in [0.25, 0.3) is 0 Å². The number of benzene rings is 1. The van der Waals surface area contributed by atoms with Crippen molar-refractivity contribution in [2.24, 2.45) is 0 Å². The Bertz CT molecular complexity index is 480. The zero-order chi connectivity index (χ0) is 13.8. The first-order valence-corrected chi connectivity index (χ1v) is 9.69. The van der Waals surface area contributed by atoms with Crippen molar-refractivity contribution in [3.63, 3.8) is 0 Å². The van der Waals surface area contributed by atoms with Gasteiger partial charge in [0.1, 0.15) is 17.4 Å². The molecule has 0 N–H and O–H groups in total. The Morgan fingerprint density at radius 2 is 1.56 bits per heavy atom. The van der Waals surface area contributed by atoms with Gasteiger partial charge in [0.25, 0.3) is 0 Å². The average Bonchev–Trinajstić information content (AvgIpc) is 2.30. The summed E-state index contributed by atoms with van der Waals surface area (Å²) >= 11 is 0.